The number of rotatable bonds is 56. The highest BCUT2D eigenvalue weighted by Gasteiger charge is 2.44. The van der Waals surface area contributed by atoms with Gasteiger partial charge in [0.2, 0.25) is 5.91 Å². The van der Waals surface area contributed by atoms with E-state index in [-0.39, 0.29) is 18.5 Å². The Hall–Kier alpha value is -2.12. The molecule has 0 saturated carbocycles. The lowest BCUT2D eigenvalue weighted by Gasteiger charge is -2.40. The first-order valence-corrected chi connectivity index (χ1v) is 32.3. The molecule has 0 aromatic heterocycles. The van der Waals surface area contributed by atoms with Gasteiger partial charge in [-0.3, -0.25) is 9.59 Å². The smallest absolute Gasteiger partial charge is 0.305 e. The summed E-state index contributed by atoms with van der Waals surface area (Å²) in [5.41, 5.74) is 0. The fourth-order valence-corrected chi connectivity index (χ4v) is 10.1. The van der Waals surface area contributed by atoms with Crippen LogP contribution in [0.15, 0.2) is 36.5 Å². The molecule has 7 atom stereocenters. The lowest BCUT2D eigenvalue weighted by Crippen LogP contribution is -2.60. The second-order valence-corrected chi connectivity index (χ2v) is 22.5. The molecular weight excluding hydrogens is 955 g/mol. The van der Waals surface area contributed by atoms with Crippen LogP contribution in [0, 0.1) is 0 Å². The van der Waals surface area contributed by atoms with Gasteiger partial charge in [-0.2, -0.15) is 0 Å². The Morgan fingerprint density at radius 2 is 0.908 bits per heavy atom. The number of esters is 1. The van der Waals surface area contributed by atoms with Crippen LogP contribution >= 0.6 is 0 Å². The van der Waals surface area contributed by atoms with Gasteiger partial charge >= 0.3 is 5.97 Å². The summed E-state index contributed by atoms with van der Waals surface area (Å²) in [4.78, 5) is 25.0. The number of allylic oxidation sites excluding steroid dienone is 5. The van der Waals surface area contributed by atoms with Gasteiger partial charge in [0, 0.05) is 12.8 Å². The summed E-state index contributed by atoms with van der Waals surface area (Å²) >= 11 is 0. The predicted octanol–water partition coefficient (Wildman–Crippen LogP) is 15.5. The zero-order chi connectivity index (χ0) is 55.2. The maximum Gasteiger partial charge on any atom is 0.305 e. The molecule has 0 aromatic carbocycles. The van der Waals surface area contributed by atoms with Crippen LogP contribution in [-0.4, -0.2) is 100 Å². The van der Waals surface area contributed by atoms with Gasteiger partial charge in [0.15, 0.2) is 6.29 Å². The highest BCUT2D eigenvalue weighted by molar-refractivity contribution is 5.76. The SMILES string of the molecule is CCC/C=C\C/C=C\CCCCCCCC(=O)OCCCCCCCCCCCCCCCCCCCCCCCCCCCCC(=O)NC(COC1OC(CO)C(O)C(O)C1O)C(O)/C=C/CCCCCCCCC. The van der Waals surface area contributed by atoms with E-state index in [9.17, 15) is 35.1 Å². The molecule has 446 valence electrons. The molecule has 11 heteroatoms. The zero-order valence-electron chi connectivity index (χ0n) is 49.2. The molecule has 0 aromatic rings. The van der Waals surface area contributed by atoms with Crippen LogP contribution in [0.4, 0.5) is 0 Å². The van der Waals surface area contributed by atoms with E-state index in [1.807, 2.05) is 6.08 Å². The number of unbranched alkanes of at least 4 members (excludes halogenated alkanes) is 38. The third-order valence-electron chi connectivity index (χ3n) is 15.2. The number of nitrogens with one attached hydrogen (secondary N) is 1. The Bertz CT molecular complexity index is 1360. The van der Waals surface area contributed by atoms with E-state index in [0.717, 1.165) is 64.2 Å². The van der Waals surface area contributed by atoms with Gasteiger partial charge in [0.05, 0.1) is 32.0 Å². The van der Waals surface area contributed by atoms with Gasteiger partial charge < -0.3 is 45.1 Å². The fraction of sp³-hybridized carbons (Fsp3) is 0.877. The van der Waals surface area contributed by atoms with Gasteiger partial charge in [-0.15, -0.1) is 0 Å². The molecule has 1 aliphatic heterocycles. The molecule has 0 spiro atoms. The summed E-state index contributed by atoms with van der Waals surface area (Å²) < 4.78 is 16.7. The average Bonchev–Trinajstić information content (AvgIpc) is 3.42. The lowest BCUT2D eigenvalue weighted by atomic mass is 9.99. The van der Waals surface area contributed by atoms with Gasteiger partial charge in [-0.25, -0.2) is 0 Å². The van der Waals surface area contributed by atoms with Gasteiger partial charge in [-0.1, -0.05) is 269 Å². The van der Waals surface area contributed by atoms with Crippen molar-refractivity contribution in [1.82, 2.24) is 5.32 Å². The van der Waals surface area contributed by atoms with E-state index in [2.05, 4.69) is 43.5 Å². The summed E-state index contributed by atoms with van der Waals surface area (Å²) in [7, 11) is 0. The first kappa shape index (κ1) is 71.9. The molecular formula is C65H121NO10. The van der Waals surface area contributed by atoms with Crippen LogP contribution in [0.3, 0.4) is 0 Å². The number of hydrogen-bond donors (Lipinski definition) is 6. The van der Waals surface area contributed by atoms with Crippen molar-refractivity contribution >= 4 is 11.9 Å². The molecule has 0 aliphatic carbocycles. The first-order valence-electron chi connectivity index (χ1n) is 32.3. The molecule has 7 unspecified atom stereocenters. The minimum atomic E-state index is -1.57. The normalized spacial score (nSPS) is 18.9. The van der Waals surface area contributed by atoms with Crippen molar-refractivity contribution in [2.45, 2.75) is 346 Å². The van der Waals surface area contributed by atoms with Gasteiger partial charge in [-0.05, 0) is 57.8 Å². The molecule has 0 radical (unpaired) electrons. The Balaban J connectivity index is 1.95. The molecule has 1 heterocycles. The van der Waals surface area contributed by atoms with Crippen molar-refractivity contribution in [2.24, 2.45) is 0 Å². The zero-order valence-corrected chi connectivity index (χ0v) is 49.2. The van der Waals surface area contributed by atoms with Crippen molar-refractivity contribution in [1.29, 1.82) is 0 Å². The number of ether oxygens (including phenoxy) is 3. The minimum absolute atomic E-state index is 0.00831. The molecule has 0 bridgehead atoms. The van der Waals surface area contributed by atoms with Crippen molar-refractivity contribution in [3.05, 3.63) is 36.5 Å². The maximum atomic E-state index is 13.0. The van der Waals surface area contributed by atoms with Crippen LogP contribution in [0.1, 0.15) is 303 Å². The summed E-state index contributed by atoms with van der Waals surface area (Å²) in [6.07, 6.45) is 58.4. The summed E-state index contributed by atoms with van der Waals surface area (Å²) in [5.74, 6) is -0.189. The topological polar surface area (TPSA) is 175 Å². The fourth-order valence-electron chi connectivity index (χ4n) is 10.1. The molecule has 11 nitrogen and oxygen atoms in total. The van der Waals surface area contributed by atoms with Crippen molar-refractivity contribution in [3.8, 4) is 0 Å². The summed E-state index contributed by atoms with van der Waals surface area (Å²) in [6.45, 7) is 4.26. The van der Waals surface area contributed by atoms with Crippen LogP contribution in [0.5, 0.6) is 0 Å². The second-order valence-electron chi connectivity index (χ2n) is 22.5. The van der Waals surface area contributed by atoms with E-state index in [0.29, 0.717) is 19.4 Å². The standard InChI is InChI=1S/C65H121NO10/c1-3-5-7-9-11-13-14-29-33-37-41-45-49-53-61(70)74-54-50-46-42-38-34-31-28-26-24-22-20-18-16-15-17-19-21-23-25-27-30-32-36-40-44-48-52-60(69)66-57(58(68)51-47-43-39-35-12-10-8-6-4-2)56-75-65-64(73)63(72)62(71)59(55-67)76-65/h7,9,13-14,47,51,57-59,62-65,67-68,71-73H,3-6,8,10-12,15-46,48-50,52-56H2,1-2H3,(H,66,69)/b9-7-,14-13-,51-47+. The number of carbonyl (C=O) groups excluding carboxylic acids is 2. The minimum Gasteiger partial charge on any atom is -0.466 e. The number of aliphatic hydroxyl groups excluding tert-OH is 5. The molecule has 1 fully saturated rings. The van der Waals surface area contributed by atoms with Crippen molar-refractivity contribution in [3.63, 3.8) is 0 Å². The van der Waals surface area contributed by atoms with Crippen molar-refractivity contribution < 1.29 is 49.3 Å². The molecule has 1 saturated heterocycles. The monoisotopic (exact) mass is 1080 g/mol. The highest BCUT2D eigenvalue weighted by atomic mass is 16.7. The van der Waals surface area contributed by atoms with Crippen LogP contribution in [-0.2, 0) is 23.8 Å². The average molecular weight is 1080 g/mol. The molecule has 76 heavy (non-hydrogen) atoms. The largest absolute Gasteiger partial charge is 0.466 e. The second kappa shape index (κ2) is 54.8. The van der Waals surface area contributed by atoms with Crippen molar-refractivity contribution in [2.75, 3.05) is 19.8 Å². The van der Waals surface area contributed by atoms with Crippen LogP contribution in [0.25, 0.3) is 0 Å². The van der Waals surface area contributed by atoms with E-state index in [1.165, 1.54) is 212 Å². The third kappa shape index (κ3) is 43.7. The summed E-state index contributed by atoms with van der Waals surface area (Å²) in [6, 6.07) is -0.807. The quantitative estimate of drug-likeness (QED) is 0.0195. The number of hydrogen-bond acceptors (Lipinski definition) is 10. The number of aliphatic hydroxyl groups is 5. The van der Waals surface area contributed by atoms with Crippen LogP contribution < -0.4 is 5.32 Å². The Morgan fingerprint density at radius 3 is 1.38 bits per heavy atom. The van der Waals surface area contributed by atoms with E-state index in [4.69, 9.17) is 14.2 Å². The van der Waals surface area contributed by atoms with E-state index in [1.54, 1.807) is 6.08 Å². The van der Waals surface area contributed by atoms with Gasteiger partial charge in [0.1, 0.15) is 24.4 Å². The van der Waals surface area contributed by atoms with Gasteiger partial charge in [0.25, 0.3) is 0 Å². The Labute approximate surface area is 466 Å². The Morgan fingerprint density at radius 1 is 0.487 bits per heavy atom. The predicted molar refractivity (Wildman–Crippen MR) is 315 cm³/mol. The Kier molecular flexibility index (Phi) is 51.9. The first-order chi connectivity index (χ1) is 37.2. The molecule has 1 aliphatic rings. The third-order valence-corrected chi connectivity index (χ3v) is 15.2. The van der Waals surface area contributed by atoms with Crippen LogP contribution in [0.2, 0.25) is 0 Å². The van der Waals surface area contributed by atoms with E-state index >= 15 is 0 Å². The summed E-state index contributed by atoms with van der Waals surface area (Å²) in [5, 5.41) is 54.2. The lowest BCUT2D eigenvalue weighted by molar-refractivity contribution is -0.302. The highest BCUT2D eigenvalue weighted by Crippen LogP contribution is 2.23. The maximum absolute atomic E-state index is 13.0. The number of carbonyl (C=O) groups is 2. The number of amides is 1. The molecule has 1 amide bonds. The molecule has 1 rings (SSSR count). The molecule has 6 N–H and O–H groups in total. The van der Waals surface area contributed by atoms with E-state index < -0.39 is 49.5 Å².